The maximum atomic E-state index is 12.9. The minimum Gasteiger partial charge on any atom is -0.497 e. The molecule has 138 valence electrons. The van der Waals surface area contributed by atoms with Gasteiger partial charge in [0.15, 0.2) is 0 Å². The Morgan fingerprint density at radius 2 is 1.26 bits per heavy atom. The van der Waals surface area contributed by atoms with E-state index in [9.17, 15) is 9.59 Å². The normalized spacial score (nSPS) is 28.6. The molecule has 1 heterocycles. The first-order valence-electron chi connectivity index (χ1n) is 9.45. The molecule has 2 amide bonds. The fourth-order valence-corrected chi connectivity index (χ4v) is 5.11. The molecule has 2 bridgehead atoms. The van der Waals surface area contributed by atoms with Crippen LogP contribution in [0.2, 0.25) is 0 Å². The Morgan fingerprint density at radius 3 is 1.78 bits per heavy atom. The average molecular weight is 363 g/mol. The van der Waals surface area contributed by atoms with E-state index in [-0.39, 0.29) is 23.7 Å². The SMILES string of the molecule is COc1ccc(Oc2ccc(N3C(=O)[C@@H]4[C@H]5CC[C@@H](C5)[C@H]4C3=O)cc2)cc1. The summed E-state index contributed by atoms with van der Waals surface area (Å²) in [7, 11) is 1.62. The highest BCUT2D eigenvalue weighted by Crippen LogP contribution is 2.56. The van der Waals surface area contributed by atoms with E-state index in [0.717, 1.165) is 25.0 Å². The molecule has 2 aromatic rings. The van der Waals surface area contributed by atoms with Gasteiger partial charge in [-0.1, -0.05) is 0 Å². The summed E-state index contributed by atoms with van der Waals surface area (Å²) >= 11 is 0. The van der Waals surface area contributed by atoms with Crippen molar-refractivity contribution in [2.24, 2.45) is 23.7 Å². The highest BCUT2D eigenvalue weighted by Gasteiger charge is 2.61. The van der Waals surface area contributed by atoms with E-state index in [1.165, 1.54) is 4.90 Å². The number of fused-ring (bicyclic) bond motifs is 5. The van der Waals surface area contributed by atoms with E-state index in [4.69, 9.17) is 9.47 Å². The highest BCUT2D eigenvalue weighted by molar-refractivity contribution is 6.22. The molecule has 5 rings (SSSR count). The Hall–Kier alpha value is -2.82. The minimum absolute atomic E-state index is 0.0129. The van der Waals surface area contributed by atoms with E-state index >= 15 is 0 Å². The van der Waals surface area contributed by atoms with Crippen molar-refractivity contribution < 1.29 is 19.1 Å². The molecule has 4 atom stereocenters. The highest BCUT2D eigenvalue weighted by atomic mass is 16.5. The molecule has 2 aliphatic carbocycles. The fourth-order valence-electron chi connectivity index (χ4n) is 5.11. The van der Waals surface area contributed by atoms with Gasteiger partial charge in [0.05, 0.1) is 24.6 Å². The van der Waals surface area contributed by atoms with Gasteiger partial charge in [-0.05, 0) is 79.6 Å². The summed E-state index contributed by atoms with van der Waals surface area (Å²) in [5, 5.41) is 0. The number of imide groups is 1. The number of amides is 2. The van der Waals surface area contributed by atoms with E-state index in [1.54, 1.807) is 31.4 Å². The molecule has 2 saturated carbocycles. The predicted molar refractivity (Wildman–Crippen MR) is 99.8 cm³/mol. The number of hydrogen-bond acceptors (Lipinski definition) is 4. The molecule has 5 heteroatoms. The minimum atomic E-state index is -0.0912. The Balaban J connectivity index is 1.34. The number of hydrogen-bond donors (Lipinski definition) is 0. The first-order valence-corrected chi connectivity index (χ1v) is 9.45. The van der Waals surface area contributed by atoms with E-state index in [1.807, 2.05) is 24.3 Å². The van der Waals surface area contributed by atoms with Crippen molar-refractivity contribution in [1.82, 2.24) is 0 Å². The molecule has 0 aromatic heterocycles. The lowest BCUT2D eigenvalue weighted by molar-refractivity contribution is -0.123. The summed E-state index contributed by atoms with van der Waals surface area (Å²) in [6, 6.07) is 14.5. The molecule has 3 fully saturated rings. The first kappa shape index (κ1) is 16.4. The quantitative estimate of drug-likeness (QED) is 0.770. The second-order valence-corrected chi connectivity index (χ2v) is 7.67. The fraction of sp³-hybridized carbons (Fsp3) is 0.364. The molecule has 0 N–H and O–H groups in total. The predicted octanol–water partition coefficient (Wildman–Crippen LogP) is 4.02. The number of rotatable bonds is 4. The molecule has 27 heavy (non-hydrogen) atoms. The van der Waals surface area contributed by atoms with Crippen molar-refractivity contribution in [1.29, 1.82) is 0 Å². The molecule has 0 radical (unpaired) electrons. The van der Waals surface area contributed by atoms with E-state index in [2.05, 4.69) is 0 Å². The summed E-state index contributed by atoms with van der Waals surface area (Å²) in [5.41, 5.74) is 0.640. The van der Waals surface area contributed by atoms with Gasteiger partial charge in [0.25, 0.3) is 0 Å². The second-order valence-electron chi connectivity index (χ2n) is 7.67. The summed E-state index contributed by atoms with van der Waals surface area (Å²) < 4.78 is 11.0. The summed E-state index contributed by atoms with van der Waals surface area (Å²) in [6.45, 7) is 0. The van der Waals surface area contributed by atoms with Crippen molar-refractivity contribution in [3.63, 3.8) is 0 Å². The largest absolute Gasteiger partial charge is 0.497 e. The lowest BCUT2D eigenvalue weighted by atomic mass is 9.81. The lowest BCUT2D eigenvalue weighted by Crippen LogP contribution is -2.32. The van der Waals surface area contributed by atoms with Crippen molar-refractivity contribution in [3.05, 3.63) is 48.5 Å². The monoisotopic (exact) mass is 363 g/mol. The van der Waals surface area contributed by atoms with E-state index in [0.29, 0.717) is 29.0 Å². The maximum absolute atomic E-state index is 12.9. The van der Waals surface area contributed by atoms with Gasteiger partial charge < -0.3 is 9.47 Å². The second kappa shape index (κ2) is 6.12. The van der Waals surface area contributed by atoms with Gasteiger partial charge in [0, 0.05) is 0 Å². The van der Waals surface area contributed by atoms with Gasteiger partial charge in [0.1, 0.15) is 17.2 Å². The third kappa shape index (κ3) is 2.52. The van der Waals surface area contributed by atoms with Crippen molar-refractivity contribution in [2.45, 2.75) is 19.3 Å². The van der Waals surface area contributed by atoms with Crippen molar-refractivity contribution >= 4 is 17.5 Å². The van der Waals surface area contributed by atoms with Gasteiger partial charge >= 0.3 is 0 Å². The summed E-state index contributed by atoms with van der Waals surface area (Å²) in [4.78, 5) is 27.2. The van der Waals surface area contributed by atoms with Crippen LogP contribution < -0.4 is 14.4 Å². The number of anilines is 1. The number of carbonyl (C=O) groups is 2. The number of methoxy groups -OCH3 is 1. The summed E-state index contributed by atoms with van der Waals surface area (Å²) in [5.74, 6) is 2.72. The van der Waals surface area contributed by atoms with Crippen LogP contribution >= 0.6 is 0 Å². The zero-order valence-corrected chi connectivity index (χ0v) is 15.1. The molecule has 5 nitrogen and oxygen atoms in total. The number of benzene rings is 2. The standard InChI is InChI=1S/C22H21NO4/c1-26-16-8-10-18(11-9-16)27-17-6-4-15(5-7-17)23-21(24)19-13-2-3-14(12-13)20(19)22(23)25/h4-11,13-14,19-20H,2-3,12H2,1H3/t13-,14-,19+,20+/m0/s1. The van der Waals surface area contributed by atoms with Crippen LogP contribution in [0.4, 0.5) is 5.69 Å². The van der Waals surface area contributed by atoms with Gasteiger partial charge in [0.2, 0.25) is 11.8 Å². The number of carbonyl (C=O) groups excluding carboxylic acids is 2. The van der Waals surface area contributed by atoms with Crippen molar-refractivity contribution in [3.8, 4) is 17.2 Å². The van der Waals surface area contributed by atoms with Crippen LogP contribution in [0.15, 0.2) is 48.5 Å². The van der Waals surface area contributed by atoms with Gasteiger partial charge in [-0.2, -0.15) is 0 Å². The van der Waals surface area contributed by atoms with Crippen LogP contribution in [0.5, 0.6) is 17.2 Å². The molecule has 3 aliphatic rings. The number of nitrogens with zero attached hydrogens (tertiary/aromatic N) is 1. The Kier molecular flexibility index (Phi) is 3.71. The van der Waals surface area contributed by atoms with Crippen LogP contribution in [-0.2, 0) is 9.59 Å². The molecule has 0 unspecified atom stereocenters. The molecule has 1 saturated heterocycles. The molecular formula is C22H21NO4. The Labute approximate surface area is 157 Å². The molecule has 2 aromatic carbocycles. The third-order valence-electron chi connectivity index (χ3n) is 6.32. The molecule has 1 aliphatic heterocycles. The zero-order chi connectivity index (χ0) is 18.5. The van der Waals surface area contributed by atoms with Crippen LogP contribution in [0, 0.1) is 23.7 Å². The molecular weight excluding hydrogens is 342 g/mol. The van der Waals surface area contributed by atoms with Crippen LogP contribution in [0.3, 0.4) is 0 Å². The van der Waals surface area contributed by atoms with Gasteiger partial charge in [-0.25, -0.2) is 0 Å². The maximum Gasteiger partial charge on any atom is 0.237 e. The zero-order valence-electron chi connectivity index (χ0n) is 15.1. The Morgan fingerprint density at radius 1 is 0.778 bits per heavy atom. The topological polar surface area (TPSA) is 55.8 Å². The van der Waals surface area contributed by atoms with Gasteiger partial charge in [-0.3, -0.25) is 14.5 Å². The van der Waals surface area contributed by atoms with Crippen LogP contribution in [-0.4, -0.2) is 18.9 Å². The third-order valence-corrected chi connectivity index (χ3v) is 6.32. The van der Waals surface area contributed by atoms with E-state index < -0.39 is 0 Å². The summed E-state index contributed by atoms with van der Waals surface area (Å²) in [6.07, 6.45) is 3.23. The number of ether oxygens (including phenoxy) is 2. The smallest absolute Gasteiger partial charge is 0.237 e. The first-order chi connectivity index (χ1) is 13.2. The van der Waals surface area contributed by atoms with Crippen molar-refractivity contribution in [2.75, 3.05) is 12.0 Å². The average Bonchev–Trinajstić information content (AvgIpc) is 3.37. The Bertz CT molecular complexity index is 862. The van der Waals surface area contributed by atoms with Crippen LogP contribution in [0.1, 0.15) is 19.3 Å². The lowest BCUT2D eigenvalue weighted by Gasteiger charge is -2.19. The van der Waals surface area contributed by atoms with Gasteiger partial charge in [-0.15, -0.1) is 0 Å². The molecule has 0 spiro atoms. The van der Waals surface area contributed by atoms with Crippen LogP contribution in [0.25, 0.3) is 0 Å².